The summed E-state index contributed by atoms with van der Waals surface area (Å²) >= 11 is 0. The van der Waals surface area contributed by atoms with Crippen molar-refractivity contribution in [2.24, 2.45) is 11.3 Å². The zero-order valence-corrected chi connectivity index (χ0v) is 43.4. The number of ether oxygens (including phenoxy) is 3. The first-order valence-corrected chi connectivity index (χ1v) is 27.0. The number of rotatable bonds is 16. The van der Waals surface area contributed by atoms with Gasteiger partial charge in [-0.1, -0.05) is 24.1 Å². The summed E-state index contributed by atoms with van der Waals surface area (Å²) in [5.74, 6) is 1.69. The van der Waals surface area contributed by atoms with Gasteiger partial charge in [-0.2, -0.15) is 4.98 Å². The highest BCUT2D eigenvalue weighted by Gasteiger charge is 2.50. The number of hydrogen-bond donors (Lipinski definition) is 4. The number of piperidine rings is 1. The van der Waals surface area contributed by atoms with E-state index in [9.17, 15) is 32.8 Å². The summed E-state index contributed by atoms with van der Waals surface area (Å²) in [7, 11) is -1.77. The van der Waals surface area contributed by atoms with Crippen LogP contribution in [0.1, 0.15) is 91.4 Å². The van der Waals surface area contributed by atoms with Gasteiger partial charge in [0.1, 0.15) is 22.1 Å². The van der Waals surface area contributed by atoms with Gasteiger partial charge < -0.3 is 34.5 Å². The van der Waals surface area contributed by atoms with Crippen LogP contribution in [-0.2, 0) is 16.6 Å². The van der Waals surface area contributed by atoms with Crippen LogP contribution in [0.25, 0.3) is 11.0 Å². The smallest absolute Gasteiger partial charge is 0.312 e. The SMILES string of the molecule is C#Cc1ccccc1[C@@H]1CN(Cc2ccnc(OC)c2)CCN1C1CC2(CCN(c3ccc(C(=O)NS(=O)(=O)c4cnc(NCC5CCC(C)(O)CC5)c([N+](=O)[O-])c4)c(Oc4cc5c(F)c[nH]c5nc4OC)c3)CC2)C1. The van der Waals surface area contributed by atoms with Crippen molar-refractivity contribution in [1.29, 1.82) is 0 Å². The number of amides is 1. The minimum Gasteiger partial charge on any atom is -0.481 e. The van der Waals surface area contributed by atoms with Crippen molar-refractivity contribution in [3.05, 3.63) is 124 Å². The lowest BCUT2D eigenvalue weighted by atomic mass is 9.59. The molecule has 0 unspecified atom stereocenters. The van der Waals surface area contributed by atoms with Crippen LogP contribution in [0.3, 0.4) is 0 Å². The number of piperazine rings is 1. The Hall–Kier alpha value is -7.38. The molecule has 2 aliphatic heterocycles. The van der Waals surface area contributed by atoms with Gasteiger partial charge in [0.2, 0.25) is 11.7 Å². The zero-order valence-electron chi connectivity index (χ0n) is 42.6. The maximum absolute atomic E-state index is 14.9. The predicted molar refractivity (Wildman–Crippen MR) is 283 cm³/mol. The van der Waals surface area contributed by atoms with Gasteiger partial charge in [-0.15, -0.1) is 6.42 Å². The first kappa shape index (κ1) is 52.1. The van der Waals surface area contributed by atoms with E-state index < -0.39 is 42.9 Å². The monoisotopic (exact) mass is 1060 g/mol. The number of terminal acetylenes is 1. The molecular formula is C55H61FN10O9S. The van der Waals surface area contributed by atoms with Crippen LogP contribution in [-0.4, -0.2) is 119 Å². The molecule has 6 aromatic rings. The summed E-state index contributed by atoms with van der Waals surface area (Å²) < 4.78 is 61.9. The van der Waals surface area contributed by atoms with Crippen molar-refractivity contribution >= 4 is 44.2 Å². The maximum atomic E-state index is 14.9. The number of methoxy groups -OCH3 is 2. The van der Waals surface area contributed by atoms with Crippen LogP contribution < -0.4 is 29.1 Å². The van der Waals surface area contributed by atoms with Gasteiger partial charge in [-0.25, -0.2) is 27.5 Å². The van der Waals surface area contributed by atoms with Gasteiger partial charge in [0.25, 0.3) is 21.8 Å². The molecule has 0 bridgehead atoms. The number of anilines is 2. The summed E-state index contributed by atoms with van der Waals surface area (Å²) in [6.45, 7) is 6.88. The number of carbonyl (C=O) groups is 1. The van der Waals surface area contributed by atoms with E-state index in [1.54, 1.807) is 32.4 Å². The number of aromatic nitrogens is 4. The summed E-state index contributed by atoms with van der Waals surface area (Å²) in [6.07, 6.45) is 16.4. The Morgan fingerprint density at radius 3 is 2.51 bits per heavy atom. The lowest BCUT2D eigenvalue weighted by molar-refractivity contribution is -0.384. The third-order valence-corrected chi connectivity index (χ3v) is 17.2. The van der Waals surface area contributed by atoms with Crippen molar-refractivity contribution < 1.29 is 41.8 Å². The lowest BCUT2D eigenvalue weighted by Crippen LogP contribution is -2.59. The molecular weight excluding hydrogens is 996 g/mol. The van der Waals surface area contributed by atoms with E-state index in [-0.39, 0.29) is 57.2 Å². The lowest BCUT2D eigenvalue weighted by Gasteiger charge is -2.58. The second-order valence-electron chi connectivity index (χ2n) is 20.8. The molecule has 4 N–H and O–H groups in total. The Kier molecular flexibility index (Phi) is 14.6. The number of aromatic amines is 1. The van der Waals surface area contributed by atoms with E-state index in [0.717, 1.165) is 87.0 Å². The number of benzene rings is 2. The van der Waals surface area contributed by atoms with Crippen LogP contribution in [0.2, 0.25) is 0 Å². The fourth-order valence-electron chi connectivity index (χ4n) is 11.5. The summed E-state index contributed by atoms with van der Waals surface area (Å²) in [5, 5.41) is 25.6. The number of halogens is 1. The topological polar surface area (TPSA) is 231 Å². The second-order valence-corrected chi connectivity index (χ2v) is 22.5. The van der Waals surface area contributed by atoms with Gasteiger partial charge in [0.05, 0.1) is 41.9 Å². The Labute approximate surface area is 440 Å². The molecule has 4 aliphatic rings. The third kappa shape index (κ3) is 11.0. The second kappa shape index (κ2) is 21.3. The number of nitrogens with zero attached hydrogens (tertiary/aromatic N) is 7. The van der Waals surface area contributed by atoms with Crippen LogP contribution >= 0.6 is 0 Å². The zero-order chi connectivity index (χ0) is 53.4. The maximum Gasteiger partial charge on any atom is 0.312 e. The molecule has 1 atom stereocenters. The summed E-state index contributed by atoms with van der Waals surface area (Å²) in [4.78, 5) is 47.9. The van der Waals surface area contributed by atoms with Gasteiger partial charge >= 0.3 is 5.69 Å². The molecule has 0 radical (unpaired) electrons. The minimum absolute atomic E-state index is 0.0264. The minimum atomic E-state index is -4.75. The Morgan fingerprint density at radius 1 is 1.00 bits per heavy atom. The highest BCUT2D eigenvalue weighted by Crippen LogP contribution is 2.53. The Bertz CT molecular complexity index is 3300. The molecule has 6 heterocycles. The van der Waals surface area contributed by atoms with Crippen molar-refractivity contribution in [3.63, 3.8) is 0 Å². The third-order valence-electron chi connectivity index (χ3n) is 15.9. The van der Waals surface area contributed by atoms with Gasteiger partial charge in [-0.3, -0.25) is 24.7 Å². The molecule has 4 aromatic heterocycles. The van der Waals surface area contributed by atoms with Crippen molar-refractivity contribution in [1.82, 2.24) is 34.5 Å². The number of hydrogen-bond acceptors (Lipinski definition) is 16. The van der Waals surface area contributed by atoms with E-state index in [1.165, 1.54) is 19.2 Å². The molecule has 2 saturated carbocycles. The number of fused-ring (bicyclic) bond motifs is 1. The molecule has 1 amide bonds. The fourth-order valence-corrected chi connectivity index (χ4v) is 12.4. The first-order chi connectivity index (χ1) is 36.5. The van der Waals surface area contributed by atoms with Crippen LogP contribution in [0, 0.1) is 39.6 Å². The number of H-pyrrole nitrogens is 1. The fraction of sp³-hybridized carbons (Fsp3) is 0.418. The average molecular weight is 1060 g/mol. The molecule has 19 nitrogen and oxygen atoms in total. The molecule has 2 saturated heterocycles. The largest absolute Gasteiger partial charge is 0.481 e. The van der Waals surface area contributed by atoms with E-state index in [1.807, 2.05) is 29.0 Å². The van der Waals surface area contributed by atoms with Crippen molar-refractivity contribution in [3.8, 4) is 35.6 Å². The first-order valence-electron chi connectivity index (χ1n) is 25.5. The molecule has 1 spiro atoms. The standard InChI is InChI=1S/C55H61FN10O9S/c1-5-37-8-6-7-9-41(37)46-34-63(33-36-14-19-57-49(24-36)73-3)22-23-65(46)39-28-55(29-39)17-20-64(21-18-55)38-10-11-42(47(25-38)75-48-27-43-44(56)32-60-50(43)61-53(48)74-4)52(67)62-76(71,72)40-26-45(66(69)70)51(59-31-40)58-30-35-12-15-54(2,68)16-13-35/h1,6-11,14,19,24-27,31-32,35,39,46,68H,12-13,15-18,20-23,28-30,33-34H2,2-4H3,(H,58,59)(H,60,61)(H,62,67)/t35?,46-,54?/m0/s1. The van der Waals surface area contributed by atoms with Gasteiger partial charge in [-0.05, 0) is 105 Å². The number of nitro groups is 1. The Morgan fingerprint density at radius 2 is 1.78 bits per heavy atom. The average Bonchev–Trinajstić information content (AvgIpc) is 3.77. The van der Waals surface area contributed by atoms with E-state index in [2.05, 4.69) is 58.0 Å². The van der Waals surface area contributed by atoms with Crippen molar-refractivity contribution in [2.45, 2.75) is 87.4 Å². The molecule has 10 rings (SSSR count). The number of carbonyl (C=O) groups excluding carboxylic acids is 1. The van der Waals surface area contributed by atoms with Crippen LogP contribution in [0.15, 0.2) is 90.2 Å². The number of sulfonamides is 1. The van der Waals surface area contributed by atoms with E-state index in [0.29, 0.717) is 62.9 Å². The number of aliphatic hydroxyl groups is 1. The number of pyridine rings is 3. The molecule has 76 heavy (non-hydrogen) atoms. The van der Waals surface area contributed by atoms with Crippen molar-refractivity contribution in [2.75, 3.05) is 63.7 Å². The van der Waals surface area contributed by atoms with Gasteiger partial charge in [0, 0.05) is 106 Å². The van der Waals surface area contributed by atoms with Gasteiger partial charge in [0.15, 0.2) is 5.75 Å². The normalized spacial score (nSPS) is 21.1. The van der Waals surface area contributed by atoms with Crippen LogP contribution in [0.4, 0.5) is 21.6 Å². The molecule has 4 fully saturated rings. The molecule has 2 aliphatic carbocycles. The summed E-state index contributed by atoms with van der Waals surface area (Å²) in [5.41, 5.74) is 2.67. The molecule has 21 heteroatoms. The molecule has 2 aromatic carbocycles. The van der Waals surface area contributed by atoms with E-state index in [4.69, 9.17) is 20.6 Å². The molecule has 398 valence electrons. The highest BCUT2D eigenvalue weighted by atomic mass is 32.2. The predicted octanol–water partition coefficient (Wildman–Crippen LogP) is 7.97. The highest BCUT2D eigenvalue weighted by molar-refractivity contribution is 7.90. The number of nitrogens with one attached hydrogen (secondary N) is 3. The summed E-state index contributed by atoms with van der Waals surface area (Å²) in [6, 6.07) is 19.7. The quantitative estimate of drug-likeness (QED) is 0.0409. The van der Waals surface area contributed by atoms with Crippen LogP contribution in [0.5, 0.6) is 23.3 Å². The van der Waals surface area contributed by atoms with E-state index >= 15 is 0 Å². The Balaban J connectivity index is 0.855.